The molecule has 2 amide bonds. The molecule has 0 saturated heterocycles. The number of anilines is 1. The van der Waals surface area contributed by atoms with E-state index in [0.717, 1.165) is 0 Å². The second-order valence-electron chi connectivity index (χ2n) is 2.20. The van der Waals surface area contributed by atoms with Crippen molar-refractivity contribution in [1.29, 1.82) is 0 Å². The van der Waals surface area contributed by atoms with Crippen molar-refractivity contribution >= 4 is 22.5 Å². The number of carbonyl (C=O) groups is 1. The number of nitrogens with zero attached hydrogens (tertiary/aromatic N) is 2. The van der Waals surface area contributed by atoms with Gasteiger partial charge in [0.1, 0.15) is 5.51 Å². The summed E-state index contributed by atoms with van der Waals surface area (Å²) in [5.41, 5.74) is 1.53. The summed E-state index contributed by atoms with van der Waals surface area (Å²) in [5.74, 6) is 0. The first-order valence-corrected chi connectivity index (χ1v) is 4.63. The van der Waals surface area contributed by atoms with Crippen LogP contribution in [0.5, 0.6) is 0 Å². The van der Waals surface area contributed by atoms with Gasteiger partial charge in [-0.15, -0.1) is 10.2 Å². The molecule has 0 saturated carbocycles. The molecule has 6 nitrogen and oxygen atoms in total. The second kappa shape index (κ2) is 5.44. The van der Waals surface area contributed by atoms with Crippen molar-refractivity contribution in [3.8, 4) is 0 Å². The number of aliphatic hydroxyl groups is 1. The van der Waals surface area contributed by atoms with Crippen LogP contribution in [0.15, 0.2) is 5.51 Å². The summed E-state index contributed by atoms with van der Waals surface area (Å²) in [6, 6.07) is -0.329. The van der Waals surface area contributed by atoms with Crippen LogP contribution < -0.4 is 10.6 Å². The highest BCUT2D eigenvalue weighted by Gasteiger charge is 2.01. The van der Waals surface area contributed by atoms with Gasteiger partial charge >= 0.3 is 6.03 Å². The second-order valence-corrected chi connectivity index (χ2v) is 3.04. The van der Waals surface area contributed by atoms with Gasteiger partial charge in [-0.05, 0) is 6.42 Å². The SMILES string of the molecule is O=C(NCCCO)Nc1nncs1. The molecule has 0 aliphatic carbocycles. The Morgan fingerprint density at radius 2 is 2.54 bits per heavy atom. The van der Waals surface area contributed by atoms with E-state index < -0.39 is 0 Å². The first kappa shape index (κ1) is 9.87. The van der Waals surface area contributed by atoms with Crippen molar-refractivity contribution in [3.05, 3.63) is 5.51 Å². The molecule has 0 spiro atoms. The van der Waals surface area contributed by atoms with Crippen molar-refractivity contribution in [2.75, 3.05) is 18.5 Å². The van der Waals surface area contributed by atoms with Crippen molar-refractivity contribution in [2.24, 2.45) is 0 Å². The monoisotopic (exact) mass is 202 g/mol. The molecule has 13 heavy (non-hydrogen) atoms. The van der Waals surface area contributed by atoms with Gasteiger partial charge in [-0.3, -0.25) is 5.32 Å². The Labute approximate surface area is 79.0 Å². The molecule has 3 N–H and O–H groups in total. The van der Waals surface area contributed by atoms with Crippen LogP contribution in [0.25, 0.3) is 0 Å². The zero-order valence-electron chi connectivity index (χ0n) is 6.86. The maximum Gasteiger partial charge on any atom is 0.321 e. The topological polar surface area (TPSA) is 87.1 Å². The van der Waals surface area contributed by atoms with Crippen LogP contribution in [0.2, 0.25) is 0 Å². The molecule has 0 bridgehead atoms. The average Bonchev–Trinajstić information content (AvgIpc) is 2.57. The van der Waals surface area contributed by atoms with Crippen LogP contribution in [-0.4, -0.2) is 34.5 Å². The minimum absolute atomic E-state index is 0.0685. The van der Waals surface area contributed by atoms with Gasteiger partial charge in [-0.2, -0.15) is 0 Å². The molecular formula is C6H10N4O2S. The van der Waals surface area contributed by atoms with Gasteiger partial charge in [0, 0.05) is 13.2 Å². The molecule has 0 aliphatic rings. The van der Waals surface area contributed by atoms with E-state index in [1.54, 1.807) is 0 Å². The van der Waals surface area contributed by atoms with E-state index in [1.807, 2.05) is 0 Å². The Morgan fingerprint density at radius 1 is 1.69 bits per heavy atom. The molecule has 0 aromatic carbocycles. The minimum atomic E-state index is -0.329. The molecule has 0 atom stereocenters. The summed E-state index contributed by atoms with van der Waals surface area (Å²) in [6.07, 6.45) is 0.545. The molecule has 0 fully saturated rings. The van der Waals surface area contributed by atoms with Crippen molar-refractivity contribution in [3.63, 3.8) is 0 Å². The van der Waals surface area contributed by atoms with E-state index in [2.05, 4.69) is 20.8 Å². The third-order valence-electron chi connectivity index (χ3n) is 1.20. The van der Waals surface area contributed by atoms with Crippen LogP contribution in [0, 0.1) is 0 Å². The summed E-state index contributed by atoms with van der Waals surface area (Å²) < 4.78 is 0. The fourth-order valence-electron chi connectivity index (χ4n) is 0.650. The summed E-state index contributed by atoms with van der Waals surface area (Å²) in [4.78, 5) is 11.0. The quantitative estimate of drug-likeness (QED) is 0.602. The highest BCUT2D eigenvalue weighted by Crippen LogP contribution is 2.06. The van der Waals surface area contributed by atoms with Crippen molar-refractivity contribution < 1.29 is 9.90 Å². The minimum Gasteiger partial charge on any atom is -0.396 e. The molecule has 0 aliphatic heterocycles. The molecule has 1 aromatic heterocycles. The van der Waals surface area contributed by atoms with Gasteiger partial charge in [0.15, 0.2) is 0 Å². The molecule has 0 unspecified atom stereocenters. The van der Waals surface area contributed by atoms with Gasteiger partial charge in [-0.25, -0.2) is 4.79 Å². The number of nitrogens with one attached hydrogen (secondary N) is 2. The predicted octanol–water partition coefficient (Wildman–Crippen LogP) is 0.0420. The summed E-state index contributed by atoms with van der Waals surface area (Å²) in [6.45, 7) is 0.514. The van der Waals surface area contributed by atoms with Crippen LogP contribution >= 0.6 is 11.3 Å². The van der Waals surface area contributed by atoms with Crippen LogP contribution in [0.3, 0.4) is 0 Å². The van der Waals surface area contributed by atoms with Gasteiger partial charge in [-0.1, -0.05) is 11.3 Å². The number of aliphatic hydroxyl groups excluding tert-OH is 1. The standard InChI is InChI=1S/C6H10N4O2S/c11-3-1-2-7-5(12)9-6-10-8-4-13-6/h4,11H,1-3H2,(H2,7,9,10,12). The largest absolute Gasteiger partial charge is 0.396 e. The highest BCUT2D eigenvalue weighted by atomic mass is 32.1. The van der Waals surface area contributed by atoms with Gasteiger partial charge < -0.3 is 10.4 Å². The summed E-state index contributed by atoms with van der Waals surface area (Å²) >= 11 is 1.25. The Kier molecular flexibility index (Phi) is 4.13. The first-order chi connectivity index (χ1) is 6.33. The van der Waals surface area contributed by atoms with Crippen molar-refractivity contribution in [1.82, 2.24) is 15.5 Å². The third-order valence-corrected chi connectivity index (χ3v) is 1.81. The lowest BCUT2D eigenvalue weighted by molar-refractivity contribution is 0.249. The lowest BCUT2D eigenvalue weighted by Gasteiger charge is -2.02. The Hall–Kier alpha value is -1.21. The van der Waals surface area contributed by atoms with Crippen LogP contribution in [0.1, 0.15) is 6.42 Å². The maximum absolute atomic E-state index is 11.0. The van der Waals surface area contributed by atoms with E-state index in [-0.39, 0.29) is 12.6 Å². The fourth-order valence-corrected chi connectivity index (χ4v) is 1.09. The Bertz CT molecular complexity index is 251. The lowest BCUT2D eigenvalue weighted by atomic mass is 10.4. The molecular weight excluding hydrogens is 192 g/mol. The first-order valence-electron chi connectivity index (χ1n) is 3.75. The van der Waals surface area contributed by atoms with E-state index >= 15 is 0 Å². The molecule has 0 radical (unpaired) electrons. The average molecular weight is 202 g/mol. The number of urea groups is 1. The zero-order valence-corrected chi connectivity index (χ0v) is 7.67. The van der Waals surface area contributed by atoms with Gasteiger partial charge in [0.25, 0.3) is 0 Å². The lowest BCUT2D eigenvalue weighted by Crippen LogP contribution is -2.29. The van der Waals surface area contributed by atoms with E-state index in [1.165, 1.54) is 16.8 Å². The maximum atomic E-state index is 11.0. The van der Waals surface area contributed by atoms with E-state index in [9.17, 15) is 4.79 Å². The van der Waals surface area contributed by atoms with E-state index in [0.29, 0.717) is 18.1 Å². The number of aromatic nitrogens is 2. The fraction of sp³-hybridized carbons (Fsp3) is 0.500. The number of amides is 2. The number of hydrogen-bond donors (Lipinski definition) is 3. The third kappa shape index (κ3) is 3.81. The highest BCUT2D eigenvalue weighted by molar-refractivity contribution is 7.13. The Morgan fingerprint density at radius 3 is 3.15 bits per heavy atom. The number of rotatable bonds is 4. The zero-order chi connectivity index (χ0) is 9.52. The molecule has 7 heteroatoms. The van der Waals surface area contributed by atoms with E-state index in [4.69, 9.17) is 5.11 Å². The van der Waals surface area contributed by atoms with Gasteiger partial charge in [0.2, 0.25) is 5.13 Å². The molecule has 72 valence electrons. The smallest absolute Gasteiger partial charge is 0.321 e. The molecule has 1 aromatic rings. The van der Waals surface area contributed by atoms with Crippen LogP contribution in [-0.2, 0) is 0 Å². The van der Waals surface area contributed by atoms with Crippen molar-refractivity contribution in [2.45, 2.75) is 6.42 Å². The molecule has 1 heterocycles. The molecule has 1 rings (SSSR count). The normalized spacial score (nSPS) is 9.62. The number of hydrogen-bond acceptors (Lipinski definition) is 5. The Balaban J connectivity index is 2.18. The predicted molar refractivity (Wildman–Crippen MR) is 48.6 cm³/mol. The van der Waals surface area contributed by atoms with Crippen LogP contribution in [0.4, 0.5) is 9.93 Å². The summed E-state index contributed by atoms with van der Waals surface area (Å²) in [7, 11) is 0. The summed E-state index contributed by atoms with van der Waals surface area (Å²) in [5, 5.41) is 21.1. The number of carbonyl (C=O) groups excluding carboxylic acids is 1. The van der Waals surface area contributed by atoms with Gasteiger partial charge in [0.05, 0.1) is 0 Å².